The van der Waals surface area contributed by atoms with E-state index in [2.05, 4.69) is 21.2 Å². The van der Waals surface area contributed by atoms with E-state index in [4.69, 9.17) is 32.7 Å². The van der Waals surface area contributed by atoms with Gasteiger partial charge < -0.3 is 14.8 Å². The highest BCUT2D eigenvalue weighted by Crippen LogP contribution is 2.38. The summed E-state index contributed by atoms with van der Waals surface area (Å²) in [6.45, 7) is 2.53. The number of ether oxygens (including phenoxy) is 2. The zero-order valence-corrected chi connectivity index (χ0v) is 20.7. The molecule has 0 atom stereocenters. The molecule has 0 aromatic heterocycles. The van der Waals surface area contributed by atoms with Crippen LogP contribution >= 0.6 is 39.1 Å². The first-order valence-corrected chi connectivity index (χ1v) is 11.5. The molecule has 1 amide bonds. The van der Waals surface area contributed by atoms with Gasteiger partial charge in [-0.05, 0) is 66.6 Å². The van der Waals surface area contributed by atoms with Gasteiger partial charge in [-0.3, -0.25) is 4.79 Å². The van der Waals surface area contributed by atoms with Crippen LogP contribution in [0.25, 0.3) is 6.08 Å². The Bertz CT molecular complexity index is 1220. The second kappa shape index (κ2) is 11.8. The van der Waals surface area contributed by atoms with E-state index in [0.29, 0.717) is 46.0 Å². The van der Waals surface area contributed by atoms with Crippen LogP contribution in [0.3, 0.4) is 0 Å². The number of benzene rings is 3. The lowest BCUT2D eigenvalue weighted by atomic mass is 10.1. The maximum Gasteiger partial charge on any atom is 0.266 e. The summed E-state index contributed by atoms with van der Waals surface area (Å²) in [6.07, 6.45) is 1.44. The largest absolute Gasteiger partial charge is 0.490 e. The van der Waals surface area contributed by atoms with Gasteiger partial charge in [-0.2, -0.15) is 5.26 Å². The van der Waals surface area contributed by atoms with Crippen LogP contribution in [0.4, 0.5) is 5.69 Å². The molecule has 1 N–H and O–H groups in total. The van der Waals surface area contributed by atoms with E-state index in [9.17, 15) is 10.1 Å². The molecule has 3 rings (SSSR count). The average molecular weight is 546 g/mol. The molecule has 0 bridgehead atoms. The molecule has 0 unspecified atom stereocenters. The highest BCUT2D eigenvalue weighted by molar-refractivity contribution is 9.10. The van der Waals surface area contributed by atoms with Crippen molar-refractivity contribution < 1.29 is 14.3 Å². The molecule has 0 radical (unpaired) electrons. The van der Waals surface area contributed by atoms with E-state index in [1.807, 2.05) is 37.3 Å². The molecule has 0 heterocycles. The topological polar surface area (TPSA) is 71.3 Å². The van der Waals surface area contributed by atoms with E-state index < -0.39 is 5.91 Å². The lowest BCUT2D eigenvalue weighted by Gasteiger charge is -2.15. The fraction of sp³-hybridized carbons (Fsp3) is 0.120. The zero-order valence-electron chi connectivity index (χ0n) is 17.6. The van der Waals surface area contributed by atoms with Gasteiger partial charge in [0.05, 0.1) is 11.6 Å². The summed E-state index contributed by atoms with van der Waals surface area (Å²) >= 11 is 15.8. The predicted molar refractivity (Wildman–Crippen MR) is 135 cm³/mol. The molecule has 0 fully saturated rings. The van der Waals surface area contributed by atoms with Crippen molar-refractivity contribution in [3.05, 3.63) is 91.9 Å². The number of nitriles is 1. The Morgan fingerprint density at radius 3 is 2.55 bits per heavy atom. The molecule has 3 aromatic carbocycles. The lowest BCUT2D eigenvalue weighted by molar-refractivity contribution is -0.112. The fourth-order valence-corrected chi connectivity index (χ4v) is 3.62. The number of nitrogens with one attached hydrogen (secondary N) is 1. The van der Waals surface area contributed by atoms with Gasteiger partial charge in [0.2, 0.25) is 0 Å². The molecular formula is C25H19BrCl2N2O3. The molecular weight excluding hydrogens is 527 g/mol. The zero-order chi connectivity index (χ0) is 23.8. The second-order valence-corrected chi connectivity index (χ2v) is 8.57. The summed E-state index contributed by atoms with van der Waals surface area (Å²) in [5, 5.41) is 13.0. The van der Waals surface area contributed by atoms with Crippen molar-refractivity contribution in [3.8, 4) is 17.6 Å². The van der Waals surface area contributed by atoms with Crippen molar-refractivity contribution in [3.63, 3.8) is 0 Å². The van der Waals surface area contributed by atoms with Gasteiger partial charge in [0.1, 0.15) is 18.2 Å². The quantitative estimate of drug-likeness (QED) is 0.238. The number of amides is 1. The maximum atomic E-state index is 12.6. The van der Waals surface area contributed by atoms with Crippen LogP contribution in [0, 0.1) is 11.3 Å². The Kier molecular flexibility index (Phi) is 8.79. The summed E-state index contributed by atoms with van der Waals surface area (Å²) < 4.78 is 12.6. The summed E-state index contributed by atoms with van der Waals surface area (Å²) in [6, 6.07) is 19.6. The van der Waals surface area contributed by atoms with Crippen molar-refractivity contribution in [2.24, 2.45) is 0 Å². The molecule has 0 aliphatic carbocycles. The standard InChI is InChI=1S/C25H19BrCl2N2O3/c1-2-32-23-12-17(10-18(14-29)25(31)30-21-5-3-4-20(27)13-21)11-22(28)24(23)33-15-16-6-8-19(26)9-7-16/h3-13H,2,15H2,1H3,(H,30,31)/b18-10+. The smallest absolute Gasteiger partial charge is 0.266 e. The van der Waals surface area contributed by atoms with E-state index in [1.165, 1.54) is 6.08 Å². The number of halogens is 3. The van der Waals surface area contributed by atoms with Gasteiger partial charge in [0.25, 0.3) is 5.91 Å². The summed E-state index contributed by atoms with van der Waals surface area (Å²) in [7, 11) is 0. The number of nitrogens with zero attached hydrogens (tertiary/aromatic N) is 1. The van der Waals surface area contributed by atoms with Crippen LogP contribution in [0.15, 0.2) is 70.7 Å². The van der Waals surface area contributed by atoms with Crippen molar-refractivity contribution in [1.82, 2.24) is 0 Å². The molecule has 33 heavy (non-hydrogen) atoms. The third-order valence-electron chi connectivity index (χ3n) is 4.39. The van der Waals surface area contributed by atoms with Gasteiger partial charge in [-0.1, -0.05) is 57.3 Å². The van der Waals surface area contributed by atoms with Gasteiger partial charge in [0, 0.05) is 15.2 Å². The highest BCUT2D eigenvalue weighted by Gasteiger charge is 2.15. The van der Waals surface area contributed by atoms with Crippen LogP contribution in [0.2, 0.25) is 10.0 Å². The van der Waals surface area contributed by atoms with Crippen molar-refractivity contribution in [2.45, 2.75) is 13.5 Å². The number of hydrogen-bond acceptors (Lipinski definition) is 4. The number of anilines is 1. The van der Waals surface area contributed by atoms with E-state index in [-0.39, 0.29) is 5.57 Å². The van der Waals surface area contributed by atoms with Crippen LogP contribution in [0.5, 0.6) is 11.5 Å². The van der Waals surface area contributed by atoms with Crippen molar-refractivity contribution in [2.75, 3.05) is 11.9 Å². The normalized spacial score (nSPS) is 10.9. The van der Waals surface area contributed by atoms with Gasteiger partial charge in [-0.15, -0.1) is 0 Å². The molecule has 0 aliphatic heterocycles. The lowest BCUT2D eigenvalue weighted by Crippen LogP contribution is -2.13. The minimum atomic E-state index is -0.565. The second-order valence-electron chi connectivity index (χ2n) is 6.81. The highest BCUT2D eigenvalue weighted by atomic mass is 79.9. The Labute approximate surface area is 210 Å². The van der Waals surface area contributed by atoms with Gasteiger partial charge in [-0.25, -0.2) is 0 Å². The summed E-state index contributed by atoms with van der Waals surface area (Å²) in [5.74, 6) is 0.241. The van der Waals surface area contributed by atoms with Crippen molar-refractivity contribution >= 4 is 56.8 Å². The van der Waals surface area contributed by atoms with Crippen LogP contribution < -0.4 is 14.8 Å². The first kappa shape index (κ1) is 24.7. The van der Waals surface area contributed by atoms with Gasteiger partial charge in [0.15, 0.2) is 11.5 Å². The molecule has 168 valence electrons. The fourth-order valence-electron chi connectivity index (χ4n) is 2.89. The molecule has 3 aromatic rings. The molecule has 0 saturated carbocycles. The molecule has 0 saturated heterocycles. The first-order chi connectivity index (χ1) is 15.9. The predicted octanol–water partition coefficient (Wildman–Crippen LogP) is 7.28. The molecule has 0 spiro atoms. The number of carbonyl (C=O) groups excluding carboxylic acids is 1. The molecule has 0 aliphatic rings. The number of rotatable bonds is 8. The Balaban J connectivity index is 1.84. The average Bonchev–Trinajstić information content (AvgIpc) is 2.78. The maximum absolute atomic E-state index is 12.6. The monoisotopic (exact) mass is 544 g/mol. The van der Waals surface area contributed by atoms with Gasteiger partial charge >= 0.3 is 0 Å². The molecule has 8 heteroatoms. The Morgan fingerprint density at radius 2 is 1.88 bits per heavy atom. The Morgan fingerprint density at radius 1 is 1.12 bits per heavy atom. The minimum absolute atomic E-state index is 0.1000. The summed E-state index contributed by atoms with van der Waals surface area (Å²) in [4.78, 5) is 12.6. The third kappa shape index (κ3) is 7.00. The van der Waals surface area contributed by atoms with E-state index in [0.717, 1.165) is 10.0 Å². The van der Waals surface area contributed by atoms with E-state index >= 15 is 0 Å². The van der Waals surface area contributed by atoms with Crippen molar-refractivity contribution in [1.29, 1.82) is 5.26 Å². The molecule has 5 nitrogen and oxygen atoms in total. The van der Waals surface area contributed by atoms with E-state index in [1.54, 1.807) is 36.4 Å². The minimum Gasteiger partial charge on any atom is -0.490 e. The van der Waals surface area contributed by atoms with Crippen LogP contribution in [-0.2, 0) is 11.4 Å². The van der Waals surface area contributed by atoms with Crippen LogP contribution in [0.1, 0.15) is 18.1 Å². The SMILES string of the molecule is CCOc1cc(/C=C(\C#N)C(=O)Nc2cccc(Cl)c2)cc(Cl)c1OCc1ccc(Br)cc1. The number of hydrogen-bond donors (Lipinski definition) is 1. The van der Waals surface area contributed by atoms with Crippen LogP contribution in [-0.4, -0.2) is 12.5 Å². The first-order valence-electron chi connectivity index (χ1n) is 9.92. The number of carbonyl (C=O) groups is 1. The third-order valence-corrected chi connectivity index (χ3v) is 5.43. The summed E-state index contributed by atoms with van der Waals surface area (Å²) in [5.41, 5.74) is 1.87. The Hall–Kier alpha value is -2.98.